The van der Waals surface area contributed by atoms with Crippen LogP contribution in [0.15, 0.2) is 37.0 Å². The Hall–Kier alpha value is -1.39. The molecular formula is C25H42O4. The van der Waals surface area contributed by atoms with Gasteiger partial charge in [0, 0.05) is 13.3 Å². The first kappa shape index (κ1) is 25.6. The van der Waals surface area contributed by atoms with Gasteiger partial charge in [-0.25, -0.2) is 0 Å². The fourth-order valence-corrected chi connectivity index (χ4v) is 4.02. The Balaban J connectivity index is 2.27. The van der Waals surface area contributed by atoms with Crippen LogP contribution in [0, 0.1) is 17.8 Å². The summed E-state index contributed by atoms with van der Waals surface area (Å²) in [5, 5.41) is 19.5. The fourth-order valence-electron chi connectivity index (χ4n) is 4.02. The van der Waals surface area contributed by atoms with Gasteiger partial charge in [-0.1, -0.05) is 56.6 Å². The van der Waals surface area contributed by atoms with Crippen molar-refractivity contribution in [2.24, 2.45) is 17.8 Å². The van der Waals surface area contributed by atoms with Crippen LogP contribution < -0.4 is 0 Å². The van der Waals surface area contributed by atoms with Crippen LogP contribution in [0.25, 0.3) is 0 Å². The second kappa shape index (κ2) is 14.6. The van der Waals surface area contributed by atoms with Gasteiger partial charge in [-0.05, 0) is 62.7 Å². The summed E-state index contributed by atoms with van der Waals surface area (Å²) in [6.45, 7) is 7.11. The summed E-state index contributed by atoms with van der Waals surface area (Å²) >= 11 is 0. The van der Waals surface area contributed by atoms with Gasteiger partial charge in [0.2, 0.25) is 0 Å². The lowest BCUT2D eigenvalue weighted by Crippen LogP contribution is -2.34. The summed E-state index contributed by atoms with van der Waals surface area (Å²) in [6.07, 6.45) is 22.8. The number of hydrogen-bond acceptors (Lipinski definition) is 4. The third kappa shape index (κ3) is 12.0. The molecule has 0 aliphatic heterocycles. The molecule has 1 aliphatic carbocycles. The molecule has 1 saturated carbocycles. The van der Waals surface area contributed by atoms with Crippen molar-refractivity contribution in [1.29, 1.82) is 0 Å². The first-order chi connectivity index (χ1) is 13.9. The summed E-state index contributed by atoms with van der Waals surface area (Å²) in [4.78, 5) is 10.7. The van der Waals surface area contributed by atoms with Gasteiger partial charge in [0.25, 0.3) is 0 Å². The van der Waals surface area contributed by atoms with Gasteiger partial charge in [-0.15, -0.1) is 6.58 Å². The van der Waals surface area contributed by atoms with Crippen molar-refractivity contribution in [2.75, 3.05) is 6.61 Å². The third-order valence-corrected chi connectivity index (χ3v) is 5.86. The minimum absolute atomic E-state index is 0.196. The Labute approximate surface area is 177 Å². The van der Waals surface area contributed by atoms with Gasteiger partial charge in [0.05, 0.1) is 0 Å². The molecule has 0 aromatic rings. The highest BCUT2D eigenvalue weighted by Crippen LogP contribution is 2.35. The summed E-state index contributed by atoms with van der Waals surface area (Å²) in [5.41, 5.74) is 0. The molecule has 0 aromatic heterocycles. The molecule has 1 rings (SSSR count). The monoisotopic (exact) mass is 406 g/mol. The van der Waals surface area contributed by atoms with E-state index in [4.69, 9.17) is 0 Å². The Kier molecular flexibility index (Phi) is 12.9. The molecule has 4 nitrogen and oxygen atoms in total. The van der Waals surface area contributed by atoms with Crippen molar-refractivity contribution in [3.8, 4) is 0 Å². The maximum absolute atomic E-state index is 10.7. The highest BCUT2D eigenvalue weighted by atomic mass is 16.6. The number of aliphatic hydroxyl groups is 2. The van der Waals surface area contributed by atoms with E-state index in [-0.39, 0.29) is 13.0 Å². The lowest BCUT2D eigenvalue weighted by molar-refractivity contribution is -0.204. The highest BCUT2D eigenvalue weighted by molar-refractivity contribution is 5.65. The van der Waals surface area contributed by atoms with E-state index in [1.165, 1.54) is 45.4 Å². The van der Waals surface area contributed by atoms with Gasteiger partial charge in [-0.3, -0.25) is 4.79 Å². The number of allylic oxidation sites excluding steroid dienone is 5. The molecule has 2 N–H and O–H groups in total. The summed E-state index contributed by atoms with van der Waals surface area (Å²) in [6, 6.07) is 0. The van der Waals surface area contributed by atoms with Crippen molar-refractivity contribution in [3.05, 3.63) is 37.0 Å². The Morgan fingerprint density at radius 2 is 2.03 bits per heavy atom. The standard InChI is InChI=1S/C25H42O4/c1-4-6-13-22(5-2)14-11-16-24-18-12-17-23(24)15-9-7-8-10-19-25(27,28)20-29-21(3)26/h5,7,9,11,16,22-24,27-28H,2,4,6,8,10,12-15,17-20H2,1,3H3/t22-,23-,24-/m0/s1. The Morgan fingerprint density at radius 1 is 1.24 bits per heavy atom. The van der Waals surface area contributed by atoms with Gasteiger partial charge < -0.3 is 14.9 Å². The summed E-state index contributed by atoms with van der Waals surface area (Å²) in [7, 11) is 0. The molecule has 1 aliphatic rings. The average molecular weight is 407 g/mol. The van der Waals surface area contributed by atoms with Crippen LogP contribution in [0.4, 0.5) is 0 Å². The largest absolute Gasteiger partial charge is 0.460 e. The van der Waals surface area contributed by atoms with E-state index in [0.29, 0.717) is 18.3 Å². The molecule has 29 heavy (non-hydrogen) atoms. The lowest BCUT2D eigenvalue weighted by atomic mass is 9.91. The second-order valence-corrected chi connectivity index (χ2v) is 8.52. The molecule has 0 saturated heterocycles. The van der Waals surface area contributed by atoms with Crippen LogP contribution in [0.2, 0.25) is 0 Å². The maximum Gasteiger partial charge on any atom is 0.302 e. The van der Waals surface area contributed by atoms with Gasteiger partial charge in [0.15, 0.2) is 5.79 Å². The number of rotatable bonds is 15. The normalized spacial score (nSPS) is 21.1. The molecule has 4 heteroatoms. The van der Waals surface area contributed by atoms with Crippen molar-refractivity contribution in [2.45, 2.75) is 90.3 Å². The zero-order valence-electron chi connectivity index (χ0n) is 18.5. The smallest absolute Gasteiger partial charge is 0.302 e. The summed E-state index contributed by atoms with van der Waals surface area (Å²) < 4.78 is 4.67. The number of ether oxygens (including phenoxy) is 1. The zero-order chi connectivity index (χ0) is 21.5. The number of hydrogen-bond donors (Lipinski definition) is 2. The number of esters is 1. The minimum Gasteiger partial charge on any atom is -0.460 e. The molecule has 1 fully saturated rings. The Bertz CT molecular complexity index is 521. The van der Waals surface area contributed by atoms with Crippen LogP contribution in [0.3, 0.4) is 0 Å². The van der Waals surface area contributed by atoms with Crippen molar-refractivity contribution < 1.29 is 19.7 Å². The molecule has 0 radical (unpaired) electrons. The topological polar surface area (TPSA) is 66.8 Å². The first-order valence-corrected chi connectivity index (χ1v) is 11.4. The highest BCUT2D eigenvalue weighted by Gasteiger charge is 2.25. The maximum atomic E-state index is 10.7. The van der Waals surface area contributed by atoms with E-state index in [0.717, 1.165) is 25.2 Å². The van der Waals surface area contributed by atoms with Gasteiger partial charge in [-0.2, -0.15) is 0 Å². The predicted molar refractivity (Wildman–Crippen MR) is 119 cm³/mol. The average Bonchev–Trinajstić information content (AvgIpc) is 3.13. The molecule has 3 atom stereocenters. The molecule has 0 heterocycles. The van der Waals surface area contributed by atoms with Crippen LogP contribution in [0.1, 0.15) is 84.5 Å². The van der Waals surface area contributed by atoms with E-state index in [1.54, 1.807) is 0 Å². The third-order valence-electron chi connectivity index (χ3n) is 5.86. The zero-order valence-corrected chi connectivity index (χ0v) is 18.5. The molecule has 0 spiro atoms. The predicted octanol–water partition coefficient (Wildman–Crippen LogP) is 5.70. The molecule has 0 bridgehead atoms. The van der Waals surface area contributed by atoms with Gasteiger partial charge >= 0.3 is 5.97 Å². The first-order valence-electron chi connectivity index (χ1n) is 11.4. The van der Waals surface area contributed by atoms with Crippen LogP contribution in [-0.2, 0) is 9.53 Å². The molecule has 0 aromatic carbocycles. The van der Waals surface area contributed by atoms with Crippen molar-refractivity contribution in [1.82, 2.24) is 0 Å². The molecular weight excluding hydrogens is 364 g/mol. The number of carbonyl (C=O) groups excluding carboxylic acids is 1. The molecule has 0 amide bonds. The van der Waals surface area contributed by atoms with E-state index in [1.807, 2.05) is 0 Å². The van der Waals surface area contributed by atoms with Crippen molar-refractivity contribution in [3.63, 3.8) is 0 Å². The van der Waals surface area contributed by atoms with Crippen LogP contribution >= 0.6 is 0 Å². The number of unbranched alkanes of at least 4 members (excludes halogenated alkanes) is 2. The Morgan fingerprint density at radius 3 is 2.72 bits per heavy atom. The van der Waals surface area contributed by atoms with E-state index < -0.39 is 11.8 Å². The molecule has 0 unspecified atom stereocenters. The molecule has 166 valence electrons. The summed E-state index contributed by atoms with van der Waals surface area (Å²) in [5.74, 6) is -0.418. The quantitative estimate of drug-likeness (QED) is 0.158. The number of carbonyl (C=O) groups is 1. The van der Waals surface area contributed by atoms with Crippen LogP contribution in [0.5, 0.6) is 0 Å². The van der Waals surface area contributed by atoms with E-state index in [9.17, 15) is 15.0 Å². The van der Waals surface area contributed by atoms with Crippen molar-refractivity contribution >= 4 is 5.97 Å². The minimum atomic E-state index is -1.93. The van der Waals surface area contributed by atoms with E-state index in [2.05, 4.69) is 48.6 Å². The van der Waals surface area contributed by atoms with Gasteiger partial charge in [0.1, 0.15) is 6.61 Å². The lowest BCUT2D eigenvalue weighted by Gasteiger charge is -2.20. The SMILES string of the molecule is C=C[C@H](CC=C[C@H]1CCC[C@@H]1CC=CCCCC(O)(O)COC(C)=O)CCCC. The second-order valence-electron chi connectivity index (χ2n) is 8.52. The van der Waals surface area contributed by atoms with E-state index >= 15 is 0 Å². The fraction of sp³-hybridized carbons (Fsp3) is 0.720. The van der Waals surface area contributed by atoms with Crippen LogP contribution in [-0.4, -0.2) is 28.6 Å².